The van der Waals surface area contributed by atoms with E-state index >= 15 is 0 Å². The molecule has 0 saturated carbocycles. The van der Waals surface area contributed by atoms with Crippen LogP contribution in [0.3, 0.4) is 0 Å². The Morgan fingerprint density at radius 2 is 1.96 bits per heavy atom. The number of oxime groups is 1. The van der Waals surface area contributed by atoms with Crippen LogP contribution in [0.25, 0.3) is 0 Å². The SMILES string of the molecule is CON=Cc1ccc(N2CCN(S(C)(=O)=O)CC2)c([N+](=O)[O-])c1. The number of piperazine rings is 1. The zero-order valence-corrected chi connectivity index (χ0v) is 13.7. The summed E-state index contributed by atoms with van der Waals surface area (Å²) >= 11 is 0. The monoisotopic (exact) mass is 342 g/mol. The predicted octanol–water partition coefficient (Wildman–Crippen LogP) is 0.657. The van der Waals surface area contributed by atoms with Crippen LogP contribution < -0.4 is 4.90 Å². The number of hydrogen-bond donors (Lipinski definition) is 0. The van der Waals surface area contributed by atoms with E-state index in [1.807, 2.05) is 4.90 Å². The summed E-state index contributed by atoms with van der Waals surface area (Å²) in [6.45, 7) is 1.42. The van der Waals surface area contributed by atoms with Crippen LogP contribution in [-0.2, 0) is 14.9 Å². The summed E-state index contributed by atoms with van der Waals surface area (Å²) in [5, 5.41) is 14.9. The first-order chi connectivity index (χ1) is 10.8. The molecule has 1 aliphatic heterocycles. The lowest BCUT2D eigenvalue weighted by atomic mass is 10.1. The minimum Gasteiger partial charge on any atom is -0.399 e. The fourth-order valence-corrected chi connectivity index (χ4v) is 3.24. The lowest BCUT2D eigenvalue weighted by molar-refractivity contribution is -0.384. The maximum atomic E-state index is 11.5. The van der Waals surface area contributed by atoms with E-state index in [0.717, 1.165) is 6.26 Å². The third-order valence-electron chi connectivity index (χ3n) is 3.55. The first kappa shape index (κ1) is 17.2. The molecule has 0 spiro atoms. The van der Waals surface area contributed by atoms with Crippen molar-refractivity contribution >= 4 is 27.6 Å². The number of anilines is 1. The van der Waals surface area contributed by atoms with Crippen LogP contribution in [0.5, 0.6) is 0 Å². The highest BCUT2D eigenvalue weighted by Crippen LogP contribution is 2.30. The number of nitro groups is 1. The zero-order valence-electron chi connectivity index (χ0n) is 12.9. The Kier molecular flexibility index (Phi) is 5.16. The predicted molar refractivity (Wildman–Crippen MR) is 86.3 cm³/mol. The Morgan fingerprint density at radius 1 is 1.30 bits per heavy atom. The van der Waals surface area contributed by atoms with E-state index in [2.05, 4.69) is 9.99 Å². The van der Waals surface area contributed by atoms with Crippen LogP contribution in [0.15, 0.2) is 23.4 Å². The molecule has 0 amide bonds. The highest BCUT2D eigenvalue weighted by Gasteiger charge is 2.27. The van der Waals surface area contributed by atoms with Gasteiger partial charge in [-0.25, -0.2) is 8.42 Å². The topological polar surface area (TPSA) is 105 Å². The average Bonchev–Trinajstić information content (AvgIpc) is 2.52. The van der Waals surface area contributed by atoms with E-state index in [1.54, 1.807) is 12.1 Å². The first-order valence-corrected chi connectivity index (χ1v) is 8.73. The number of rotatable bonds is 5. The van der Waals surface area contributed by atoms with Gasteiger partial charge < -0.3 is 9.74 Å². The summed E-state index contributed by atoms with van der Waals surface area (Å²) in [7, 11) is -1.84. The van der Waals surface area contributed by atoms with Crippen molar-refractivity contribution in [3.8, 4) is 0 Å². The van der Waals surface area contributed by atoms with Crippen LogP contribution in [-0.4, -0.2) is 63.4 Å². The van der Waals surface area contributed by atoms with Gasteiger partial charge in [-0.3, -0.25) is 10.1 Å². The molecular weight excluding hydrogens is 324 g/mol. The minimum absolute atomic E-state index is 0.0436. The van der Waals surface area contributed by atoms with Gasteiger partial charge in [0.1, 0.15) is 12.8 Å². The second kappa shape index (κ2) is 6.92. The molecule has 1 saturated heterocycles. The quantitative estimate of drug-likeness (QED) is 0.442. The normalized spacial score (nSPS) is 16.7. The maximum Gasteiger partial charge on any atom is 0.293 e. The zero-order chi connectivity index (χ0) is 17.0. The molecule has 1 aromatic rings. The van der Waals surface area contributed by atoms with Crippen molar-refractivity contribution in [3.63, 3.8) is 0 Å². The molecule has 1 fully saturated rings. The van der Waals surface area contributed by atoms with Gasteiger partial charge >= 0.3 is 0 Å². The summed E-state index contributed by atoms with van der Waals surface area (Å²) in [5.41, 5.74) is 0.979. The first-order valence-electron chi connectivity index (χ1n) is 6.88. The van der Waals surface area contributed by atoms with Crippen LogP contribution >= 0.6 is 0 Å². The van der Waals surface area contributed by atoms with Crippen molar-refractivity contribution in [2.45, 2.75) is 0 Å². The molecule has 0 aliphatic carbocycles. The number of nitrogens with zero attached hydrogens (tertiary/aromatic N) is 4. The van der Waals surface area contributed by atoms with Gasteiger partial charge in [-0.05, 0) is 6.07 Å². The third kappa shape index (κ3) is 4.17. The molecular formula is C13H18N4O5S. The van der Waals surface area contributed by atoms with Crippen molar-refractivity contribution in [2.75, 3.05) is 44.4 Å². The summed E-state index contributed by atoms with van der Waals surface area (Å²) in [5.74, 6) is 0. The van der Waals surface area contributed by atoms with E-state index in [-0.39, 0.29) is 5.69 Å². The number of nitro benzene ring substituents is 1. The van der Waals surface area contributed by atoms with E-state index in [1.165, 1.54) is 23.7 Å². The van der Waals surface area contributed by atoms with Gasteiger partial charge in [0.15, 0.2) is 0 Å². The highest BCUT2D eigenvalue weighted by atomic mass is 32.2. The van der Waals surface area contributed by atoms with Gasteiger partial charge in [0.2, 0.25) is 10.0 Å². The Labute approximate surface area is 134 Å². The largest absolute Gasteiger partial charge is 0.399 e. The van der Waals surface area contributed by atoms with Crippen molar-refractivity contribution in [3.05, 3.63) is 33.9 Å². The lowest BCUT2D eigenvalue weighted by Gasteiger charge is -2.34. The Morgan fingerprint density at radius 3 is 2.48 bits per heavy atom. The number of benzene rings is 1. The molecule has 1 heterocycles. The fourth-order valence-electron chi connectivity index (χ4n) is 2.41. The van der Waals surface area contributed by atoms with Gasteiger partial charge in [0, 0.05) is 37.8 Å². The van der Waals surface area contributed by atoms with Gasteiger partial charge in [0.05, 0.1) is 17.4 Å². The van der Waals surface area contributed by atoms with Crippen LogP contribution in [0.2, 0.25) is 0 Å². The van der Waals surface area contributed by atoms with E-state index in [9.17, 15) is 18.5 Å². The van der Waals surface area contributed by atoms with Crippen molar-refractivity contribution in [1.82, 2.24) is 4.31 Å². The molecule has 1 aliphatic rings. The average molecular weight is 342 g/mol. The van der Waals surface area contributed by atoms with Gasteiger partial charge in [-0.2, -0.15) is 4.31 Å². The summed E-state index contributed by atoms with van der Waals surface area (Å²) in [4.78, 5) is 17.2. The van der Waals surface area contributed by atoms with Crippen molar-refractivity contribution in [1.29, 1.82) is 0 Å². The fraction of sp³-hybridized carbons (Fsp3) is 0.462. The molecule has 0 radical (unpaired) electrons. The molecule has 0 atom stereocenters. The van der Waals surface area contributed by atoms with Gasteiger partial charge in [0.25, 0.3) is 5.69 Å². The standard InChI is InChI=1S/C13H18N4O5S/c1-22-14-10-11-3-4-12(13(9-11)17(18)19)15-5-7-16(8-6-15)23(2,20)21/h3-4,9-10H,5-8H2,1-2H3. The van der Waals surface area contributed by atoms with Crippen molar-refractivity contribution < 1.29 is 18.2 Å². The van der Waals surface area contributed by atoms with Crippen LogP contribution in [0, 0.1) is 10.1 Å². The lowest BCUT2D eigenvalue weighted by Crippen LogP contribution is -2.48. The molecule has 2 rings (SSSR count). The van der Waals surface area contributed by atoms with E-state index in [4.69, 9.17) is 0 Å². The Balaban J connectivity index is 2.23. The third-order valence-corrected chi connectivity index (χ3v) is 4.85. The number of sulfonamides is 1. The molecule has 23 heavy (non-hydrogen) atoms. The summed E-state index contributed by atoms with van der Waals surface area (Å²) in [6.07, 6.45) is 2.55. The minimum atomic E-state index is -3.23. The summed E-state index contributed by atoms with van der Waals surface area (Å²) in [6, 6.07) is 4.76. The smallest absolute Gasteiger partial charge is 0.293 e. The van der Waals surface area contributed by atoms with Crippen LogP contribution in [0.4, 0.5) is 11.4 Å². The molecule has 0 N–H and O–H groups in total. The molecule has 0 bridgehead atoms. The van der Waals surface area contributed by atoms with Gasteiger partial charge in [-0.15, -0.1) is 0 Å². The Bertz CT molecular complexity index is 711. The molecule has 0 aromatic heterocycles. The maximum absolute atomic E-state index is 11.5. The molecule has 10 heteroatoms. The van der Waals surface area contributed by atoms with Crippen LogP contribution in [0.1, 0.15) is 5.56 Å². The van der Waals surface area contributed by atoms with E-state index < -0.39 is 14.9 Å². The molecule has 1 aromatic carbocycles. The van der Waals surface area contributed by atoms with Gasteiger partial charge in [-0.1, -0.05) is 11.2 Å². The summed E-state index contributed by atoms with van der Waals surface area (Å²) < 4.78 is 24.4. The molecule has 0 unspecified atom stereocenters. The number of hydrogen-bond acceptors (Lipinski definition) is 7. The molecule has 9 nitrogen and oxygen atoms in total. The van der Waals surface area contributed by atoms with E-state index in [0.29, 0.717) is 37.4 Å². The second-order valence-corrected chi connectivity index (χ2v) is 7.05. The molecule has 126 valence electrons. The highest BCUT2D eigenvalue weighted by molar-refractivity contribution is 7.88. The second-order valence-electron chi connectivity index (χ2n) is 5.07. The van der Waals surface area contributed by atoms with Crippen molar-refractivity contribution in [2.24, 2.45) is 5.16 Å². The Hall–Kier alpha value is -2.20.